The van der Waals surface area contributed by atoms with E-state index >= 15 is 0 Å². The zero-order valence-electron chi connectivity index (χ0n) is 12.6. The Morgan fingerprint density at radius 2 is 2.17 bits per heavy atom. The summed E-state index contributed by atoms with van der Waals surface area (Å²) in [5, 5.41) is 9.34. The summed E-state index contributed by atoms with van der Waals surface area (Å²) in [6.45, 7) is 1.17. The van der Waals surface area contributed by atoms with Gasteiger partial charge in [-0.25, -0.2) is 4.39 Å². The van der Waals surface area contributed by atoms with Crippen molar-refractivity contribution in [1.82, 2.24) is 4.90 Å². The first kappa shape index (κ1) is 15.5. The Morgan fingerprint density at radius 1 is 1.35 bits per heavy atom. The lowest BCUT2D eigenvalue weighted by Gasteiger charge is -2.32. The van der Waals surface area contributed by atoms with E-state index in [0.29, 0.717) is 30.5 Å². The van der Waals surface area contributed by atoms with Gasteiger partial charge in [-0.05, 0) is 49.4 Å². The smallest absolute Gasteiger partial charge is 0.303 e. The van der Waals surface area contributed by atoms with E-state index in [4.69, 9.17) is 9.52 Å². The summed E-state index contributed by atoms with van der Waals surface area (Å²) in [6, 6.07) is 5.69. The summed E-state index contributed by atoms with van der Waals surface area (Å²) in [7, 11) is 0. The zero-order chi connectivity index (χ0) is 16.4. The molecule has 0 saturated carbocycles. The minimum Gasteiger partial charge on any atom is -0.481 e. The summed E-state index contributed by atoms with van der Waals surface area (Å²) in [5.41, 5.74) is 0.481. The van der Waals surface area contributed by atoms with Crippen LogP contribution in [0.3, 0.4) is 0 Å². The van der Waals surface area contributed by atoms with Crippen LogP contribution in [0.15, 0.2) is 28.7 Å². The number of hydrogen-bond acceptors (Lipinski definition) is 3. The fourth-order valence-corrected chi connectivity index (χ4v) is 3.09. The maximum Gasteiger partial charge on any atom is 0.303 e. The highest BCUT2D eigenvalue weighted by Crippen LogP contribution is 2.25. The predicted octanol–water partition coefficient (Wildman–Crippen LogP) is 3.29. The fourth-order valence-electron chi connectivity index (χ4n) is 3.09. The second kappa shape index (κ2) is 6.40. The Bertz CT molecular complexity index is 739. The molecule has 1 aliphatic rings. The molecule has 1 aliphatic heterocycles. The Hall–Kier alpha value is -2.37. The normalized spacial score (nSPS) is 18.3. The van der Waals surface area contributed by atoms with Gasteiger partial charge in [0, 0.05) is 24.9 Å². The maximum absolute atomic E-state index is 13.2. The van der Waals surface area contributed by atoms with Crippen LogP contribution in [-0.4, -0.2) is 35.0 Å². The Kier molecular flexibility index (Phi) is 4.32. The fraction of sp³-hybridized carbons (Fsp3) is 0.412. The first-order valence-electron chi connectivity index (χ1n) is 7.73. The lowest BCUT2D eigenvalue weighted by molar-refractivity contribution is -0.137. The molecular formula is C17H18FNO4. The monoisotopic (exact) mass is 319 g/mol. The van der Waals surface area contributed by atoms with Crippen LogP contribution in [0.2, 0.25) is 0 Å². The molecule has 23 heavy (non-hydrogen) atoms. The highest BCUT2D eigenvalue weighted by atomic mass is 19.1. The number of hydrogen-bond donors (Lipinski definition) is 1. The Labute approximate surface area is 132 Å². The van der Waals surface area contributed by atoms with Crippen molar-refractivity contribution in [3.63, 3.8) is 0 Å². The molecule has 1 N–H and O–H groups in total. The maximum atomic E-state index is 13.2. The van der Waals surface area contributed by atoms with Crippen LogP contribution in [0.1, 0.15) is 36.2 Å². The van der Waals surface area contributed by atoms with Crippen molar-refractivity contribution in [2.45, 2.75) is 25.7 Å². The van der Waals surface area contributed by atoms with Crippen LogP contribution in [0.5, 0.6) is 0 Å². The summed E-state index contributed by atoms with van der Waals surface area (Å²) in [5.74, 6) is -1.01. The number of nitrogens with zero attached hydrogens (tertiary/aromatic N) is 1. The van der Waals surface area contributed by atoms with E-state index < -0.39 is 5.97 Å². The van der Waals surface area contributed by atoms with E-state index in [-0.39, 0.29) is 29.8 Å². The number of carbonyl (C=O) groups is 2. The van der Waals surface area contributed by atoms with E-state index in [9.17, 15) is 14.0 Å². The molecule has 1 aromatic heterocycles. The van der Waals surface area contributed by atoms with Gasteiger partial charge in [-0.1, -0.05) is 0 Å². The zero-order valence-corrected chi connectivity index (χ0v) is 12.6. The van der Waals surface area contributed by atoms with Crippen molar-refractivity contribution >= 4 is 22.8 Å². The van der Waals surface area contributed by atoms with Crippen LogP contribution in [0.25, 0.3) is 11.0 Å². The molecule has 122 valence electrons. The van der Waals surface area contributed by atoms with Gasteiger partial charge in [0.15, 0.2) is 5.76 Å². The minimum absolute atomic E-state index is 0.122. The molecule has 0 spiro atoms. The van der Waals surface area contributed by atoms with Crippen molar-refractivity contribution in [2.24, 2.45) is 5.92 Å². The summed E-state index contributed by atoms with van der Waals surface area (Å²) < 4.78 is 18.7. The van der Waals surface area contributed by atoms with E-state index in [1.165, 1.54) is 18.2 Å². The van der Waals surface area contributed by atoms with E-state index in [0.717, 1.165) is 12.8 Å². The number of carboxylic acids is 1. The third kappa shape index (κ3) is 3.52. The molecule has 6 heteroatoms. The van der Waals surface area contributed by atoms with Crippen LogP contribution >= 0.6 is 0 Å². The Balaban J connectivity index is 1.71. The molecule has 3 rings (SSSR count). The number of benzene rings is 1. The molecule has 1 aromatic carbocycles. The summed E-state index contributed by atoms with van der Waals surface area (Å²) in [4.78, 5) is 24.9. The molecule has 0 aliphatic carbocycles. The SMILES string of the molecule is O=C(O)CC[C@@H]1CCCN(C(=O)c2cc3cc(F)ccc3o2)C1. The third-order valence-corrected chi connectivity index (χ3v) is 4.26. The molecular weight excluding hydrogens is 301 g/mol. The third-order valence-electron chi connectivity index (χ3n) is 4.26. The second-order valence-electron chi connectivity index (χ2n) is 5.98. The molecule has 2 heterocycles. The topological polar surface area (TPSA) is 70.8 Å². The number of amides is 1. The molecule has 0 radical (unpaired) electrons. The molecule has 1 fully saturated rings. The number of rotatable bonds is 4. The molecule has 5 nitrogen and oxygen atoms in total. The summed E-state index contributed by atoms with van der Waals surface area (Å²) >= 11 is 0. The van der Waals surface area contributed by atoms with E-state index in [2.05, 4.69) is 0 Å². The van der Waals surface area contributed by atoms with Gasteiger partial charge in [0.1, 0.15) is 11.4 Å². The van der Waals surface area contributed by atoms with Crippen LogP contribution < -0.4 is 0 Å². The number of carboxylic acid groups (broad SMARTS) is 1. The molecule has 1 atom stereocenters. The van der Waals surface area contributed by atoms with Gasteiger partial charge >= 0.3 is 5.97 Å². The number of halogens is 1. The molecule has 2 aromatic rings. The number of fused-ring (bicyclic) bond motifs is 1. The Morgan fingerprint density at radius 3 is 2.96 bits per heavy atom. The average molecular weight is 319 g/mol. The van der Waals surface area contributed by atoms with Gasteiger partial charge in [-0.2, -0.15) is 0 Å². The van der Waals surface area contributed by atoms with Crippen molar-refractivity contribution in [1.29, 1.82) is 0 Å². The first-order valence-corrected chi connectivity index (χ1v) is 7.73. The lowest BCUT2D eigenvalue weighted by atomic mass is 9.93. The highest BCUT2D eigenvalue weighted by molar-refractivity contribution is 5.96. The number of carbonyl (C=O) groups excluding carboxylic acids is 1. The molecule has 1 saturated heterocycles. The molecule has 0 unspecified atom stereocenters. The number of piperidine rings is 1. The summed E-state index contributed by atoms with van der Waals surface area (Å²) in [6.07, 6.45) is 2.48. The van der Waals surface area contributed by atoms with Crippen molar-refractivity contribution < 1.29 is 23.5 Å². The largest absolute Gasteiger partial charge is 0.481 e. The van der Waals surface area contributed by atoms with Crippen LogP contribution in [0.4, 0.5) is 4.39 Å². The van der Waals surface area contributed by atoms with Crippen LogP contribution in [0, 0.1) is 11.7 Å². The van der Waals surface area contributed by atoms with E-state index in [1.807, 2.05) is 0 Å². The van der Waals surface area contributed by atoms with Gasteiger partial charge in [0.25, 0.3) is 5.91 Å². The first-order chi connectivity index (χ1) is 11.0. The lowest BCUT2D eigenvalue weighted by Crippen LogP contribution is -2.39. The number of furan rings is 1. The van der Waals surface area contributed by atoms with Gasteiger partial charge < -0.3 is 14.4 Å². The second-order valence-corrected chi connectivity index (χ2v) is 5.98. The quantitative estimate of drug-likeness (QED) is 0.938. The van der Waals surface area contributed by atoms with Crippen molar-refractivity contribution in [2.75, 3.05) is 13.1 Å². The van der Waals surface area contributed by atoms with Gasteiger partial charge in [-0.3, -0.25) is 9.59 Å². The average Bonchev–Trinajstić information content (AvgIpc) is 2.95. The molecule has 1 amide bonds. The minimum atomic E-state index is -0.812. The number of likely N-dealkylation sites (tertiary alicyclic amines) is 1. The standard InChI is InChI=1S/C17H18FNO4/c18-13-4-5-14-12(8-13)9-15(23-14)17(22)19-7-1-2-11(10-19)3-6-16(20)21/h4-5,8-9,11H,1-3,6-7,10H2,(H,20,21)/t11-/m0/s1. The van der Waals surface area contributed by atoms with Gasteiger partial charge in [-0.15, -0.1) is 0 Å². The van der Waals surface area contributed by atoms with Gasteiger partial charge in [0.2, 0.25) is 0 Å². The van der Waals surface area contributed by atoms with Gasteiger partial charge in [0.05, 0.1) is 0 Å². The predicted molar refractivity (Wildman–Crippen MR) is 81.7 cm³/mol. The van der Waals surface area contributed by atoms with Crippen molar-refractivity contribution in [3.05, 3.63) is 35.8 Å². The van der Waals surface area contributed by atoms with E-state index in [1.54, 1.807) is 11.0 Å². The molecule has 0 bridgehead atoms. The van der Waals surface area contributed by atoms with Crippen molar-refractivity contribution in [3.8, 4) is 0 Å². The van der Waals surface area contributed by atoms with Crippen LogP contribution in [-0.2, 0) is 4.79 Å². The highest BCUT2D eigenvalue weighted by Gasteiger charge is 2.26. The number of aliphatic carboxylic acids is 1.